The Labute approximate surface area is 118 Å². The monoisotopic (exact) mass is 265 g/mol. The first-order chi connectivity index (χ1) is 9.65. The molecule has 0 bridgehead atoms. The van der Waals surface area contributed by atoms with Crippen LogP contribution in [0.2, 0.25) is 0 Å². The second-order valence-electron chi connectivity index (χ2n) is 4.44. The van der Waals surface area contributed by atoms with E-state index in [4.69, 9.17) is 10.00 Å². The SMILES string of the molecule is CCc1ccccc1Oc1cc(C#N)ccc1C(C)=O. The average Bonchev–Trinajstić information content (AvgIpc) is 2.47. The molecule has 2 aromatic rings. The zero-order valence-corrected chi connectivity index (χ0v) is 11.5. The van der Waals surface area contributed by atoms with E-state index in [1.165, 1.54) is 6.92 Å². The maximum Gasteiger partial charge on any atom is 0.163 e. The molecule has 0 saturated carbocycles. The van der Waals surface area contributed by atoms with E-state index in [-0.39, 0.29) is 5.78 Å². The molecule has 0 heterocycles. The number of nitrogens with zero attached hydrogens (tertiary/aromatic N) is 1. The molecular weight excluding hydrogens is 250 g/mol. The van der Waals surface area contributed by atoms with Gasteiger partial charge in [0.15, 0.2) is 5.78 Å². The zero-order chi connectivity index (χ0) is 14.5. The number of benzene rings is 2. The fourth-order valence-corrected chi connectivity index (χ4v) is 1.98. The van der Waals surface area contributed by atoms with E-state index in [0.29, 0.717) is 22.6 Å². The van der Waals surface area contributed by atoms with Crippen LogP contribution in [-0.4, -0.2) is 5.78 Å². The Hall–Kier alpha value is -2.60. The van der Waals surface area contributed by atoms with Crippen LogP contribution in [0.15, 0.2) is 42.5 Å². The highest BCUT2D eigenvalue weighted by molar-refractivity contribution is 5.97. The van der Waals surface area contributed by atoms with Crippen molar-refractivity contribution >= 4 is 5.78 Å². The van der Waals surface area contributed by atoms with Crippen LogP contribution in [-0.2, 0) is 6.42 Å². The Morgan fingerprint density at radius 3 is 2.60 bits per heavy atom. The Morgan fingerprint density at radius 1 is 1.20 bits per heavy atom. The van der Waals surface area contributed by atoms with E-state index in [1.54, 1.807) is 18.2 Å². The molecule has 0 amide bonds. The Morgan fingerprint density at radius 2 is 1.95 bits per heavy atom. The molecule has 20 heavy (non-hydrogen) atoms. The lowest BCUT2D eigenvalue weighted by molar-refractivity contribution is 0.101. The van der Waals surface area contributed by atoms with Gasteiger partial charge in [-0.3, -0.25) is 4.79 Å². The molecule has 0 N–H and O–H groups in total. The quantitative estimate of drug-likeness (QED) is 0.781. The lowest BCUT2D eigenvalue weighted by Crippen LogP contribution is -1.99. The summed E-state index contributed by atoms with van der Waals surface area (Å²) in [4.78, 5) is 11.6. The summed E-state index contributed by atoms with van der Waals surface area (Å²) in [5.41, 5.74) is 2.01. The number of ketones is 1. The molecule has 0 fully saturated rings. The zero-order valence-electron chi connectivity index (χ0n) is 11.5. The van der Waals surface area contributed by atoms with Gasteiger partial charge in [-0.2, -0.15) is 5.26 Å². The molecule has 0 aliphatic rings. The number of hydrogen-bond donors (Lipinski definition) is 0. The average molecular weight is 265 g/mol. The van der Waals surface area contributed by atoms with Crippen LogP contribution in [0.1, 0.15) is 35.3 Å². The summed E-state index contributed by atoms with van der Waals surface area (Å²) in [7, 11) is 0. The van der Waals surface area contributed by atoms with Crippen molar-refractivity contribution in [3.05, 3.63) is 59.2 Å². The van der Waals surface area contributed by atoms with Crippen LogP contribution in [0.3, 0.4) is 0 Å². The van der Waals surface area contributed by atoms with Crippen molar-refractivity contribution in [2.45, 2.75) is 20.3 Å². The topological polar surface area (TPSA) is 50.1 Å². The van der Waals surface area contributed by atoms with Crippen LogP contribution >= 0.6 is 0 Å². The molecule has 0 spiro atoms. The van der Waals surface area contributed by atoms with Gasteiger partial charge in [0.1, 0.15) is 11.5 Å². The van der Waals surface area contributed by atoms with E-state index >= 15 is 0 Å². The van der Waals surface area contributed by atoms with Crippen molar-refractivity contribution in [2.24, 2.45) is 0 Å². The summed E-state index contributed by atoms with van der Waals surface area (Å²) in [5, 5.41) is 8.97. The fraction of sp³-hybridized carbons (Fsp3) is 0.176. The van der Waals surface area contributed by atoms with E-state index < -0.39 is 0 Å². The van der Waals surface area contributed by atoms with E-state index in [2.05, 4.69) is 6.07 Å². The molecule has 0 aliphatic carbocycles. The number of ether oxygens (including phenoxy) is 1. The minimum atomic E-state index is -0.0848. The van der Waals surface area contributed by atoms with Gasteiger partial charge in [0.25, 0.3) is 0 Å². The number of aryl methyl sites for hydroxylation is 1. The van der Waals surface area contributed by atoms with Crippen LogP contribution in [0.25, 0.3) is 0 Å². The van der Waals surface area contributed by atoms with Crippen LogP contribution < -0.4 is 4.74 Å². The number of nitriles is 1. The van der Waals surface area contributed by atoms with E-state index in [0.717, 1.165) is 12.0 Å². The standard InChI is InChI=1S/C17H15NO2/c1-3-14-6-4-5-7-16(14)20-17-10-13(11-18)8-9-15(17)12(2)19/h4-10H,3H2,1-2H3. The number of rotatable bonds is 4. The number of hydrogen-bond acceptors (Lipinski definition) is 3. The largest absolute Gasteiger partial charge is 0.456 e. The summed E-state index contributed by atoms with van der Waals surface area (Å²) in [5.74, 6) is 1.06. The first kappa shape index (κ1) is 13.8. The molecule has 0 unspecified atom stereocenters. The van der Waals surface area contributed by atoms with Crippen molar-refractivity contribution < 1.29 is 9.53 Å². The van der Waals surface area contributed by atoms with Gasteiger partial charge in [0, 0.05) is 0 Å². The smallest absolute Gasteiger partial charge is 0.163 e. The normalized spacial score (nSPS) is 9.85. The minimum Gasteiger partial charge on any atom is -0.456 e. The van der Waals surface area contributed by atoms with Gasteiger partial charge in [0.05, 0.1) is 17.2 Å². The third kappa shape index (κ3) is 2.86. The molecule has 3 nitrogen and oxygen atoms in total. The summed E-state index contributed by atoms with van der Waals surface area (Å²) in [6, 6.07) is 14.6. The fourth-order valence-electron chi connectivity index (χ4n) is 1.98. The number of carbonyl (C=O) groups excluding carboxylic acids is 1. The lowest BCUT2D eigenvalue weighted by atomic mass is 10.1. The summed E-state index contributed by atoms with van der Waals surface area (Å²) in [6.07, 6.45) is 0.837. The third-order valence-corrected chi connectivity index (χ3v) is 3.06. The van der Waals surface area contributed by atoms with Crippen molar-refractivity contribution in [1.82, 2.24) is 0 Å². The first-order valence-electron chi connectivity index (χ1n) is 6.46. The molecular formula is C17H15NO2. The highest BCUT2D eigenvalue weighted by Gasteiger charge is 2.12. The van der Waals surface area contributed by atoms with Gasteiger partial charge in [-0.1, -0.05) is 25.1 Å². The van der Waals surface area contributed by atoms with Crippen LogP contribution in [0.5, 0.6) is 11.5 Å². The highest BCUT2D eigenvalue weighted by atomic mass is 16.5. The van der Waals surface area contributed by atoms with E-state index in [1.807, 2.05) is 31.2 Å². The number of para-hydroxylation sites is 1. The third-order valence-electron chi connectivity index (χ3n) is 3.06. The molecule has 0 radical (unpaired) electrons. The predicted octanol–water partition coefficient (Wildman–Crippen LogP) is 4.12. The van der Waals surface area contributed by atoms with E-state index in [9.17, 15) is 4.79 Å². The van der Waals surface area contributed by atoms with Crippen molar-refractivity contribution in [1.29, 1.82) is 5.26 Å². The molecule has 2 rings (SSSR count). The molecule has 3 heteroatoms. The highest BCUT2D eigenvalue weighted by Crippen LogP contribution is 2.29. The Balaban J connectivity index is 2.46. The van der Waals surface area contributed by atoms with Gasteiger partial charge >= 0.3 is 0 Å². The number of Topliss-reactive ketones (excluding diaryl/α,β-unsaturated/α-hetero) is 1. The van der Waals surface area contributed by atoms with Crippen LogP contribution in [0.4, 0.5) is 0 Å². The van der Waals surface area contributed by atoms with Gasteiger partial charge < -0.3 is 4.74 Å². The number of carbonyl (C=O) groups is 1. The first-order valence-corrected chi connectivity index (χ1v) is 6.46. The Bertz CT molecular complexity index is 684. The van der Waals surface area contributed by atoms with Gasteiger partial charge in [0.2, 0.25) is 0 Å². The predicted molar refractivity (Wildman–Crippen MR) is 77.1 cm³/mol. The molecule has 0 aliphatic heterocycles. The van der Waals surface area contributed by atoms with Gasteiger partial charge in [-0.05, 0) is 43.2 Å². The van der Waals surface area contributed by atoms with Gasteiger partial charge in [-0.25, -0.2) is 0 Å². The minimum absolute atomic E-state index is 0.0848. The Kier molecular flexibility index (Phi) is 4.17. The molecule has 0 aromatic heterocycles. The second kappa shape index (κ2) is 6.03. The van der Waals surface area contributed by atoms with Gasteiger partial charge in [-0.15, -0.1) is 0 Å². The van der Waals surface area contributed by atoms with Crippen LogP contribution in [0, 0.1) is 11.3 Å². The summed E-state index contributed by atoms with van der Waals surface area (Å²) >= 11 is 0. The summed E-state index contributed by atoms with van der Waals surface area (Å²) < 4.78 is 5.86. The molecule has 0 saturated heterocycles. The second-order valence-corrected chi connectivity index (χ2v) is 4.44. The molecule has 2 aromatic carbocycles. The molecule has 0 atom stereocenters. The van der Waals surface area contributed by atoms with Crippen molar-refractivity contribution in [3.8, 4) is 17.6 Å². The van der Waals surface area contributed by atoms with Crippen molar-refractivity contribution in [3.63, 3.8) is 0 Å². The lowest BCUT2D eigenvalue weighted by Gasteiger charge is -2.12. The van der Waals surface area contributed by atoms with Crippen molar-refractivity contribution in [2.75, 3.05) is 0 Å². The maximum absolute atomic E-state index is 11.6. The summed E-state index contributed by atoms with van der Waals surface area (Å²) in [6.45, 7) is 3.53. The molecule has 100 valence electrons. The maximum atomic E-state index is 11.6.